The van der Waals surface area contributed by atoms with Crippen molar-refractivity contribution < 1.29 is 14.7 Å². The fourth-order valence-corrected chi connectivity index (χ4v) is 1.34. The largest absolute Gasteiger partial charge is 0.481 e. The van der Waals surface area contributed by atoms with Crippen molar-refractivity contribution in [3.8, 4) is 0 Å². The molecule has 0 aliphatic heterocycles. The van der Waals surface area contributed by atoms with E-state index in [1.54, 1.807) is 6.92 Å². The Morgan fingerprint density at radius 3 is 2.50 bits per heavy atom. The fraction of sp³-hybridized carbons (Fsp3) is 0.714. The molecule has 10 heavy (non-hydrogen) atoms. The first-order chi connectivity index (χ1) is 4.63. The molecule has 0 radical (unpaired) electrons. The fourth-order valence-electron chi connectivity index (χ4n) is 1.34. The summed E-state index contributed by atoms with van der Waals surface area (Å²) in [6.45, 7) is 1.69. The Balaban J connectivity index is 2.66. The third kappa shape index (κ3) is 1.03. The van der Waals surface area contributed by atoms with Gasteiger partial charge in [-0.05, 0) is 6.42 Å². The van der Waals surface area contributed by atoms with Gasteiger partial charge in [-0.1, -0.05) is 6.92 Å². The van der Waals surface area contributed by atoms with Gasteiger partial charge in [0.1, 0.15) is 5.78 Å². The molecule has 0 saturated heterocycles. The molecule has 1 N–H and O–H groups in total. The van der Waals surface area contributed by atoms with Gasteiger partial charge in [-0.2, -0.15) is 0 Å². The second kappa shape index (κ2) is 2.40. The molecule has 0 amide bonds. The lowest BCUT2D eigenvalue weighted by Crippen LogP contribution is -2.18. The topological polar surface area (TPSA) is 54.4 Å². The number of carboxylic acid groups (broad SMARTS) is 1. The van der Waals surface area contributed by atoms with Crippen LogP contribution in [0.4, 0.5) is 0 Å². The van der Waals surface area contributed by atoms with Crippen LogP contribution in [-0.2, 0) is 9.59 Å². The molecule has 2 atom stereocenters. The highest BCUT2D eigenvalue weighted by Crippen LogP contribution is 2.27. The van der Waals surface area contributed by atoms with Gasteiger partial charge >= 0.3 is 5.97 Å². The first-order valence-corrected chi connectivity index (χ1v) is 3.38. The third-order valence-corrected chi connectivity index (χ3v) is 2.13. The molecular formula is C7H10O3. The average Bonchev–Trinajstić information content (AvgIpc) is 2.14. The normalized spacial score (nSPS) is 32.7. The van der Waals surface area contributed by atoms with Crippen molar-refractivity contribution in [2.45, 2.75) is 19.8 Å². The number of ketones is 1. The van der Waals surface area contributed by atoms with E-state index in [0.29, 0.717) is 12.8 Å². The summed E-state index contributed by atoms with van der Waals surface area (Å²) in [6.07, 6.45) is 0.966. The van der Waals surface area contributed by atoms with E-state index in [4.69, 9.17) is 5.11 Å². The van der Waals surface area contributed by atoms with Gasteiger partial charge in [-0.3, -0.25) is 9.59 Å². The number of carboxylic acids is 1. The Kier molecular flexibility index (Phi) is 1.74. The molecule has 0 aromatic carbocycles. The molecule has 0 unspecified atom stereocenters. The van der Waals surface area contributed by atoms with Gasteiger partial charge < -0.3 is 5.11 Å². The van der Waals surface area contributed by atoms with E-state index in [2.05, 4.69) is 0 Å². The maximum Gasteiger partial charge on any atom is 0.307 e. The summed E-state index contributed by atoms with van der Waals surface area (Å²) >= 11 is 0. The lowest BCUT2D eigenvalue weighted by Gasteiger charge is -2.06. The van der Waals surface area contributed by atoms with Gasteiger partial charge in [0.15, 0.2) is 0 Å². The predicted octanol–water partition coefficient (Wildman–Crippen LogP) is 0.686. The minimum atomic E-state index is -0.835. The molecule has 0 aromatic heterocycles. The minimum Gasteiger partial charge on any atom is -0.481 e. The summed E-state index contributed by atoms with van der Waals surface area (Å²) in [6, 6.07) is 0. The van der Waals surface area contributed by atoms with Crippen molar-refractivity contribution in [3.63, 3.8) is 0 Å². The number of carbonyl (C=O) groups is 2. The van der Waals surface area contributed by atoms with Crippen molar-refractivity contribution >= 4 is 11.8 Å². The van der Waals surface area contributed by atoms with Crippen LogP contribution in [0.3, 0.4) is 0 Å². The van der Waals surface area contributed by atoms with E-state index in [1.165, 1.54) is 0 Å². The van der Waals surface area contributed by atoms with Crippen LogP contribution in [-0.4, -0.2) is 16.9 Å². The van der Waals surface area contributed by atoms with E-state index in [1.807, 2.05) is 0 Å². The maximum atomic E-state index is 10.8. The zero-order chi connectivity index (χ0) is 7.72. The van der Waals surface area contributed by atoms with Crippen LogP contribution in [0, 0.1) is 11.8 Å². The van der Waals surface area contributed by atoms with Gasteiger partial charge in [0.25, 0.3) is 0 Å². The van der Waals surface area contributed by atoms with Crippen LogP contribution in [0.1, 0.15) is 19.8 Å². The minimum absolute atomic E-state index is 0.0902. The molecule has 0 bridgehead atoms. The van der Waals surface area contributed by atoms with Gasteiger partial charge in [0, 0.05) is 12.3 Å². The molecule has 56 valence electrons. The first kappa shape index (κ1) is 7.25. The van der Waals surface area contributed by atoms with Gasteiger partial charge in [0.05, 0.1) is 5.92 Å². The summed E-state index contributed by atoms with van der Waals surface area (Å²) in [5, 5.41) is 8.55. The number of rotatable bonds is 1. The Bertz CT molecular complexity index is 174. The highest BCUT2D eigenvalue weighted by molar-refractivity contribution is 5.89. The standard InChI is InChI=1S/C7H10O3/c1-4-5(7(9)10)2-3-6(4)8/h4-5H,2-3H2,1H3,(H,9,10)/t4-,5+/m0/s1. The second-order valence-corrected chi connectivity index (χ2v) is 2.74. The molecular weight excluding hydrogens is 132 g/mol. The van der Waals surface area contributed by atoms with E-state index in [0.717, 1.165) is 0 Å². The van der Waals surface area contributed by atoms with Crippen molar-refractivity contribution in [3.05, 3.63) is 0 Å². The SMILES string of the molecule is C[C@@H]1C(=O)CC[C@H]1C(=O)O. The molecule has 0 heterocycles. The lowest BCUT2D eigenvalue weighted by molar-refractivity contribution is -0.144. The maximum absolute atomic E-state index is 10.8. The number of hydrogen-bond donors (Lipinski definition) is 1. The van der Waals surface area contributed by atoms with E-state index in [-0.39, 0.29) is 11.7 Å². The predicted molar refractivity (Wildman–Crippen MR) is 34.5 cm³/mol. The van der Waals surface area contributed by atoms with Gasteiger partial charge in [-0.15, -0.1) is 0 Å². The quantitative estimate of drug-likeness (QED) is 0.586. The summed E-state index contributed by atoms with van der Waals surface area (Å²) in [7, 11) is 0. The van der Waals surface area contributed by atoms with Crippen LogP contribution in [0.2, 0.25) is 0 Å². The van der Waals surface area contributed by atoms with Crippen LogP contribution < -0.4 is 0 Å². The first-order valence-electron chi connectivity index (χ1n) is 3.38. The molecule has 0 aromatic rings. The molecule has 1 rings (SSSR count). The summed E-state index contributed by atoms with van der Waals surface area (Å²) in [4.78, 5) is 21.2. The molecule has 1 fully saturated rings. The highest BCUT2D eigenvalue weighted by atomic mass is 16.4. The molecule has 0 spiro atoms. The molecule has 1 saturated carbocycles. The van der Waals surface area contributed by atoms with Crippen molar-refractivity contribution in [1.29, 1.82) is 0 Å². The Hall–Kier alpha value is -0.860. The molecule has 3 heteroatoms. The lowest BCUT2D eigenvalue weighted by atomic mass is 9.98. The number of aliphatic carboxylic acids is 1. The Morgan fingerprint density at radius 2 is 2.30 bits per heavy atom. The smallest absolute Gasteiger partial charge is 0.307 e. The van der Waals surface area contributed by atoms with Gasteiger partial charge in [-0.25, -0.2) is 0 Å². The van der Waals surface area contributed by atoms with Crippen LogP contribution >= 0.6 is 0 Å². The Morgan fingerprint density at radius 1 is 1.70 bits per heavy atom. The van der Waals surface area contributed by atoms with Crippen molar-refractivity contribution in [1.82, 2.24) is 0 Å². The molecule has 1 aliphatic carbocycles. The number of Topliss-reactive ketones (excluding diaryl/α,β-unsaturated/α-hetero) is 1. The molecule has 1 aliphatic rings. The Labute approximate surface area is 59.0 Å². The zero-order valence-corrected chi connectivity index (χ0v) is 5.83. The third-order valence-electron chi connectivity index (χ3n) is 2.13. The summed E-state index contributed by atoms with van der Waals surface area (Å²) < 4.78 is 0. The zero-order valence-electron chi connectivity index (χ0n) is 5.83. The number of carbonyl (C=O) groups excluding carboxylic acids is 1. The van der Waals surface area contributed by atoms with Crippen LogP contribution in [0.5, 0.6) is 0 Å². The van der Waals surface area contributed by atoms with E-state index >= 15 is 0 Å². The summed E-state index contributed by atoms with van der Waals surface area (Å²) in [5.74, 6) is -1.43. The van der Waals surface area contributed by atoms with Crippen molar-refractivity contribution in [2.24, 2.45) is 11.8 Å². The monoisotopic (exact) mass is 142 g/mol. The number of hydrogen-bond acceptors (Lipinski definition) is 2. The molecule has 3 nitrogen and oxygen atoms in total. The highest BCUT2D eigenvalue weighted by Gasteiger charge is 2.35. The van der Waals surface area contributed by atoms with Crippen LogP contribution in [0.25, 0.3) is 0 Å². The average molecular weight is 142 g/mol. The van der Waals surface area contributed by atoms with Crippen LogP contribution in [0.15, 0.2) is 0 Å². The second-order valence-electron chi connectivity index (χ2n) is 2.74. The van der Waals surface area contributed by atoms with E-state index in [9.17, 15) is 9.59 Å². The summed E-state index contributed by atoms with van der Waals surface area (Å²) in [5.41, 5.74) is 0. The van der Waals surface area contributed by atoms with Gasteiger partial charge in [0.2, 0.25) is 0 Å². The van der Waals surface area contributed by atoms with E-state index < -0.39 is 11.9 Å². The van der Waals surface area contributed by atoms with Crippen molar-refractivity contribution in [2.75, 3.05) is 0 Å².